The topological polar surface area (TPSA) is 98.7 Å². The molecule has 6 nitrogen and oxygen atoms in total. The second kappa shape index (κ2) is 11.1. The minimum atomic E-state index is -0.952. The van der Waals surface area contributed by atoms with Crippen molar-refractivity contribution in [1.29, 1.82) is 0 Å². The first-order chi connectivity index (χ1) is 13.5. The molecule has 0 aliphatic carbocycles. The first kappa shape index (κ1) is 21.4. The Morgan fingerprint density at radius 3 is 2.21 bits per heavy atom. The highest BCUT2D eigenvalue weighted by Crippen LogP contribution is 2.12. The van der Waals surface area contributed by atoms with Crippen LogP contribution < -0.4 is 10.6 Å². The number of carboxylic acid groups (broad SMARTS) is 1. The van der Waals surface area contributed by atoms with Crippen LogP contribution in [0.5, 0.6) is 5.75 Å². The van der Waals surface area contributed by atoms with Crippen molar-refractivity contribution in [3.8, 4) is 5.75 Å². The van der Waals surface area contributed by atoms with Gasteiger partial charge in [-0.2, -0.15) is 0 Å². The van der Waals surface area contributed by atoms with E-state index in [0.717, 1.165) is 17.5 Å². The van der Waals surface area contributed by atoms with Crippen molar-refractivity contribution in [3.63, 3.8) is 0 Å². The van der Waals surface area contributed by atoms with Gasteiger partial charge in [0.05, 0.1) is 0 Å². The number of carboxylic acids is 1. The van der Waals surface area contributed by atoms with E-state index < -0.39 is 12.0 Å². The molecule has 0 bridgehead atoms. The Labute approximate surface area is 165 Å². The van der Waals surface area contributed by atoms with Crippen LogP contribution in [-0.4, -0.2) is 40.7 Å². The minimum Gasteiger partial charge on any atom is -0.508 e. The average Bonchev–Trinajstić information content (AvgIpc) is 2.67. The Bertz CT molecular complexity index is 747. The van der Waals surface area contributed by atoms with Crippen molar-refractivity contribution >= 4 is 11.9 Å². The van der Waals surface area contributed by atoms with E-state index in [4.69, 9.17) is 0 Å². The van der Waals surface area contributed by atoms with E-state index in [2.05, 4.69) is 10.6 Å². The molecule has 2 atom stereocenters. The van der Waals surface area contributed by atoms with Crippen molar-refractivity contribution < 1.29 is 19.8 Å². The molecule has 0 saturated heterocycles. The molecule has 0 aromatic heterocycles. The fraction of sp³-hybridized carbons (Fsp3) is 0.364. The van der Waals surface area contributed by atoms with Gasteiger partial charge < -0.3 is 20.8 Å². The smallest absolute Gasteiger partial charge is 0.321 e. The summed E-state index contributed by atoms with van der Waals surface area (Å²) in [5, 5.41) is 25.0. The summed E-state index contributed by atoms with van der Waals surface area (Å²) >= 11 is 0. The zero-order chi connectivity index (χ0) is 20.4. The summed E-state index contributed by atoms with van der Waals surface area (Å²) < 4.78 is 0. The number of nitrogens with one attached hydrogen (secondary N) is 2. The number of carbonyl (C=O) groups excluding carboxylic acids is 1. The molecule has 4 N–H and O–H groups in total. The molecule has 28 heavy (non-hydrogen) atoms. The van der Waals surface area contributed by atoms with Gasteiger partial charge in [0.2, 0.25) is 5.91 Å². The molecule has 0 fully saturated rings. The molecule has 150 valence electrons. The van der Waals surface area contributed by atoms with Crippen LogP contribution in [0.1, 0.15) is 30.9 Å². The molecule has 1 amide bonds. The highest BCUT2D eigenvalue weighted by molar-refractivity contribution is 5.76. The second-order valence-electron chi connectivity index (χ2n) is 6.87. The maximum Gasteiger partial charge on any atom is 0.321 e. The molecule has 0 aliphatic heterocycles. The van der Waals surface area contributed by atoms with Gasteiger partial charge in [0.15, 0.2) is 0 Å². The molecule has 0 aliphatic rings. The predicted octanol–water partition coefficient (Wildman–Crippen LogP) is 2.51. The summed E-state index contributed by atoms with van der Waals surface area (Å²) in [5.41, 5.74) is 1.89. The zero-order valence-electron chi connectivity index (χ0n) is 16.1. The molecule has 0 saturated carbocycles. The Hall–Kier alpha value is -2.86. The van der Waals surface area contributed by atoms with E-state index in [1.165, 1.54) is 12.1 Å². The van der Waals surface area contributed by atoms with Gasteiger partial charge in [-0.15, -0.1) is 0 Å². The Kier molecular flexibility index (Phi) is 8.49. The standard InChI is InChI=1S/C22H28N2O4/c1-2-6-21(26)24-18(13-16-7-4-3-5-8-16)15-23-20(22(27)28)14-17-9-11-19(25)12-10-17/h3-5,7-12,18,20,23,25H,2,6,13-15H2,1H3,(H,24,26)(H,27,28). The van der Waals surface area contributed by atoms with Crippen molar-refractivity contribution in [1.82, 2.24) is 10.6 Å². The third-order valence-electron chi connectivity index (χ3n) is 4.45. The molecule has 0 radical (unpaired) electrons. The number of amides is 1. The number of phenolic OH excluding ortho intramolecular Hbond substituents is 1. The van der Waals surface area contributed by atoms with Crippen molar-refractivity contribution in [2.75, 3.05) is 6.54 Å². The van der Waals surface area contributed by atoms with E-state index in [-0.39, 0.29) is 24.1 Å². The van der Waals surface area contributed by atoms with Gasteiger partial charge in [-0.05, 0) is 42.5 Å². The first-order valence-corrected chi connectivity index (χ1v) is 9.55. The van der Waals surface area contributed by atoms with Crippen LogP contribution in [0.25, 0.3) is 0 Å². The number of aliphatic carboxylic acids is 1. The van der Waals surface area contributed by atoms with Crippen LogP contribution >= 0.6 is 0 Å². The lowest BCUT2D eigenvalue weighted by Gasteiger charge is -2.22. The number of hydrogen-bond donors (Lipinski definition) is 4. The molecule has 2 rings (SSSR count). The largest absolute Gasteiger partial charge is 0.508 e. The van der Waals surface area contributed by atoms with Crippen LogP contribution in [0.2, 0.25) is 0 Å². The number of phenols is 1. The summed E-state index contributed by atoms with van der Waals surface area (Å²) in [7, 11) is 0. The molecule has 2 aromatic carbocycles. The van der Waals surface area contributed by atoms with Crippen LogP contribution in [0.4, 0.5) is 0 Å². The van der Waals surface area contributed by atoms with Crippen molar-refractivity contribution in [2.45, 2.75) is 44.7 Å². The Balaban J connectivity index is 2.01. The SMILES string of the molecule is CCCC(=O)NC(CNC(Cc1ccc(O)cc1)C(=O)O)Cc1ccccc1. The quantitative estimate of drug-likeness (QED) is 0.477. The molecular formula is C22H28N2O4. The van der Waals surface area contributed by atoms with E-state index >= 15 is 0 Å². The van der Waals surface area contributed by atoms with E-state index in [1.54, 1.807) is 12.1 Å². The van der Waals surface area contributed by atoms with Gasteiger partial charge in [0.25, 0.3) is 0 Å². The van der Waals surface area contributed by atoms with Gasteiger partial charge >= 0.3 is 5.97 Å². The monoisotopic (exact) mass is 384 g/mol. The van der Waals surface area contributed by atoms with Gasteiger partial charge in [0.1, 0.15) is 11.8 Å². The third kappa shape index (κ3) is 7.40. The van der Waals surface area contributed by atoms with Crippen LogP contribution in [-0.2, 0) is 22.4 Å². The summed E-state index contributed by atoms with van der Waals surface area (Å²) in [5.74, 6) is -0.841. The van der Waals surface area contributed by atoms with Gasteiger partial charge in [-0.25, -0.2) is 0 Å². The Morgan fingerprint density at radius 1 is 0.964 bits per heavy atom. The second-order valence-corrected chi connectivity index (χ2v) is 6.87. The molecule has 0 spiro atoms. The average molecular weight is 384 g/mol. The lowest BCUT2D eigenvalue weighted by molar-refractivity contribution is -0.139. The summed E-state index contributed by atoms with van der Waals surface area (Å²) in [6.07, 6.45) is 2.11. The third-order valence-corrected chi connectivity index (χ3v) is 4.45. The van der Waals surface area contributed by atoms with Crippen molar-refractivity contribution in [2.24, 2.45) is 0 Å². The Morgan fingerprint density at radius 2 is 1.61 bits per heavy atom. The first-order valence-electron chi connectivity index (χ1n) is 9.55. The van der Waals surface area contributed by atoms with Crippen LogP contribution in [0.15, 0.2) is 54.6 Å². The highest BCUT2D eigenvalue weighted by atomic mass is 16.4. The number of rotatable bonds is 11. The number of benzene rings is 2. The lowest BCUT2D eigenvalue weighted by atomic mass is 10.0. The molecular weight excluding hydrogens is 356 g/mol. The lowest BCUT2D eigenvalue weighted by Crippen LogP contribution is -2.48. The van der Waals surface area contributed by atoms with Gasteiger partial charge in [-0.3, -0.25) is 9.59 Å². The predicted molar refractivity (Wildman–Crippen MR) is 108 cm³/mol. The van der Waals surface area contributed by atoms with Gasteiger partial charge in [-0.1, -0.05) is 49.4 Å². The molecule has 6 heteroatoms. The number of aromatic hydroxyl groups is 1. The van der Waals surface area contributed by atoms with Crippen molar-refractivity contribution in [3.05, 3.63) is 65.7 Å². The maximum atomic E-state index is 12.1. The van der Waals surface area contributed by atoms with E-state index in [9.17, 15) is 19.8 Å². The normalized spacial score (nSPS) is 12.9. The van der Waals surface area contributed by atoms with Gasteiger partial charge in [0, 0.05) is 19.0 Å². The van der Waals surface area contributed by atoms with Crippen LogP contribution in [0, 0.1) is 0 Å². The molecule has 2 unspecified atom stereocenters. The minimum absolute atomic E-state index is 0.0318. The highest BCUT2D eigenvalue weighted by Gasteiger charge is 2.20. The summed E-state index contributed by atoms with van der Waals surface area (Å²) in [6, 6.07) is 15.3. The molecule has 0 heterocycles. The maximum absolute atomic E-state index is 12.1. The number of hydrogen-bond acceptors (Lipinski definition) is 4. The van der Waals surface area contributed by atoms with E-state index in [0.29, 0.717) is 19.4 Å². The fourth-order valence-electron chi connectivity index (χ4n) is 3.00. The van der Waals surface area contributed by atoms with E-state index in [1.807, 2.05) is 37.3 Å². The summed E-state index contributed by atoms with van der Waals surface area (Å²) in [4.78, 5) is 23.7. The molecule has 2 aromatic rings. The zero-order valence-corrected chi connectivity index (χ0v) is 16.1. The summed E-state index contributed by atoms with van der Waals surface area (Å²) in [6.45, 7) is 2.29. The fourth-order valence-corrected chi connectivity index (χ4v) is 3.00. The number of carbonyl (C=O) groups is 2. The van der Waals surface area contributed by atoms with Crippen LogP contribution in [0.3, 0.4) is 0 Å².